The maximum Gasteiger partial charge on any atom is 0.164 e. The van der Waals surface area contributed by atoms with Crippen LogP contribution in [0.3, 0.4) is 0 Å². The highest BCUT2D eigenvalue weighted by atomic mass is 32.1. The predicted octanol–water partition coefficient (Wildman–Crippen LogP) is 14.9. The smallest absolute Gasteiger partial charge is 0.164 e. The molecule has 4 heteroatoms. The van der Waals surface area contributed by atoms with Crippen LogP contribution >= 0.6 is 11.3 Å². The normalized spacial score (nSPS) is 12.6. The molecule has 1 aliphatic rings. The van der Waals surface area contributed by atoms with E-state index in [-0.39, 0.29) is 0 Å². The average molecular weight is 808 g/mol. The van der Waals surface area contributed by atoms with Crippen LogP contribution in [0.1, 0.15) is 22.3 Å². The number of benzene rings is 9. The van der Waals surface area contributed by atoms with Crippen molar-refractivity contribution in [3.05, 3.63) is 247 Å². The van der Waals surface area contributed by atoms with Crippen LogP contribution in [0.5, 0.6) is 0 Å². The summed E-state index contributed by atoms with van der Waals surface area (Å²) >= 11 is 1.82. The van der Waals surface area contributed by atoms with Crippen molar-refractivity contribution in [1.82, 2.24) is 15.0 Å². The van der Waals surface area contributed by atoms with E-state index >= 15 is 0 Å². The average Bonchev–Trinajstić information content (AvgIpc) is 3.88. The molecule has 2 heterocycles. The Labute approximate surface area is 364 Å². The van der Waals surface area contributed by atoms with Gasteiger partial charge in [-0.15, -0.1) is 11.3 Å². The molecule has 11 aromatic rings. The van der Waals surface area contributed by atoms with Gasteiger partial charge in [-0.3, -0.25) is 0 Å². The highest BCUT2D eigenvalue weighted by Gasteiger charge is 2.46. The maximum atomic E-state index is 5.34. The van der Waals surface area contributed by atoms with Crippen LogP contribution in [0.2, 0.25) is 0 Å². The van der Waals surface area contributed by atoms with E-state index in [2.05, 4.69) is 212 Å². The summed E-state index contributed by atoms with van der Waals surface area (Å²) in [5.74, 6) is 1.91. The van der Waals surface area contributed by atoms with E-state index in [0.717, 1.165) is 38.8 Å². The molecule has 0 spiro atoms. The second kappa shape index (κ2) is 14.7. The molecule has 62 heavy (non-hydrogen) atoms. The molecular weight excluding hydrogens is 771 g/mol. The number of aromatic nitrogens is 3. The fourth-order valence-corrected chi connectivity index (χ4v) is 10.7. The van der Waals surface area contributed by atoms with Crippen molar-refractivity contribution >= 4 is 31.5 Å². The molecule has 0 N–H and O–H groups in total. The number of thiophene rings is 1. The van der Waals surface area contributed by atoms with Crippen LogP contribution in [-0.2, 0) is 5.41 Å². The van der Waals surface area contributed by atoms with Crippen LogP contribution in [0, 0.1) is 0 Å². The quantitative estimate of drug-likeness (QED) is 0.161. The van der Waals surface area contributed by atoms with Gasteiger partial charge in [-0.2, -0.15) is 0 Å². The lowest BCUT2D eigenvalue weighted by molar-refractivity contribution is 0.770. The topological polar surface area (TPSA) is 38.7 Å². The first-order valence-electron chi connectivity index (χ1n) is 21.0. The van der Waals surface area contributed by atoms with Gasteiger partial charge in [-0.25, -0.2) is 15.0 Å². The monoisotopic (exact) mass is 807 g/mol. The summed E-state index contributed by atoms with van der Waals surface area (Å²) in [5, 5.41) is 2.34. The predicted molar refractivity (Wildman–Crippen MR) is 257 cm³/mol. The summed E-state index contributed by atoms with van der Waals surface area (Å²) in [6.07, 6.45) is 0. The molecule has 9 aromatic carbocycles. The van der Waals surface area contributed by atoms with Gasteiger partial charge in [-0.05, 0) is 79.9 Å². The number of fused-ring (bicyclic) bond motifs is 6. The van der Waals surface area contributed by atoms with Crippen molar-refractivity contribution in [2.75, 3.05) is 0 Å². The van der Waals surface area contributed by atoms with Gasteiger partial charge in [-0.1, -0.05) is 200 Å². The Bertz CT molecular complexity index is 3400. The van der Waals surface area contributed by atoms with Gasteiger partial charge in [0, 0.05) is 36.9 Å². The number of hydrogen-bond donors (Lipinski definition) is 0. The van der Waals surface area contributed by atoms with Crippen molar-refractivity contribution in [3.63, 3.8) is 0 Å². The summed E-state index contributed by atoms with van der Waals surface area (Å²) in [5.41, 5.74) is 14.6. The zero-order valence-corrected chi connectivity index (χ0v) is 34.4. The fraction of sp³-hybridized carbons (Fsp3) is 0.0172. The Morgan fingerprint density at radius 1 is 0.306 bits per heavy atom. The maximum absolute atomic E-state index is 5.34. The molecule has 0 bridgehead atoms. The molecule has 0 saturated carbocycles. The lowest BCUT2D eigenvalue weighted by Crippen LogP contribution is -2.28. The standard InChI is InChI=1S/C58H37N3S/c1-4-16-38(17-5-1)40-30-32-41(33-31-40)55-59-56(43-21-14-20-42(36-43)39-18-6-2-7-19-39)61-57(60-55)48-26-15-29-53-54(48)49-37-45(34-35-52(49)62-53)58(44-22-8-3-9-23-44)50-27-12-10-24-46(50)47-25-11-13-28-51(47)58/h1-37H. The molecule has 0 radical (unpaired) electrons. The first-order valence-corrected chi connectivity index (χ1v) is 21.8. The third kappa shape index (κ3) is 5.83. The van der Waals surface area contributed by atoms with Gasteiger partial charge < -0.3 is 0 Å². The van der Waals surface area contributed by atoms with Crippen LogP contribution in [0.25, 0.3) is 87.7 Å². The zero-order chi connectivity index (χ0) is 41.0. The minimum Gasteiger partial charge on any atom is -0.208 e. The summed E-state index contributed by atoms with van der Waals surface area (Å²) in [4.78, 5) is 15.9. The van der Waals surface area contributed by atoms with E-state index in [1.807, 2.05) is 23.5 Å². The molecule has 1 aliphatic carbocycles. The molecule has 290 valence electrons. The number of nitrogens with zero attached hydrogens (tertiary/aromatic N) is 3. The van der Waals surface area contributed by atoms with E-state index in [4.69, 9.17) is 15.0 Å². The van der Waals surface area contributed by atoms with E-state index in [9.17, 15) is 0 Å². The Kier molecular flexibility index (Phi) is 8.58. The van der Waals surface area contributed by atoms with Gasteiger partial charge in [0.05, 0.1) is 5.41 Å². The summed E-state index contributed by atoms with van der Waals surface area (Å²) in [6.45, 7) is 0. The minimum absolute atomic E-state index is 0.505. The van der Waals surface area contributed by atoms with Gasteiger partial charge in [0.25, 0.3) is 0 Å². The van der Waals surface area contributed by atoms with Gasteiger partial charge in [0.15, 0.2) is 17.5 Å². The fourth-order valence-electron chi connectivity index (χ4n) is 9.62. The first-order chi connectivity index (χ1) is 30.7. The molecule has 3 nitrogen and oxygen atoms in total. The third-order valence-electron chi connectivity index (χ3n) is 12.4. The Morgan fingerprint density at radius 2 is 0.806 bits per heavy atom. The van der Waals surface area contributed by atoms with Gasteiger partial charge in [0.1, 0.15) is 0 Å². The highest BCUT2D eigenvalue weighted by molar-refractivity contribution is 7.25. The van der Waals surface area contributed by atoms with Crippen molar-refractivity contribution < 1.29 is 0 Å². The largest absolute Gasteiger partial charge is 0.208 e. The molecule has 0 aliphatic heterocycles. The minimum atomic E-state index is -0.505. The zero-order valence-electron chi connectivity index (χ0n) is 33.6. The first kappa shape index (κ1) is 36.1. The van der Waals surface area contributed by atoms with Crippen molar-refractivity contribution in [1.29, 1.82) is 0 Å². The molecule has 2 aromatic heterocycles. The molecule has 0 atom stereocenters. The van der Waals surface area contributed by atoms with Crippen LogP contribution < -0.4 is 0 Å². The molecule has 0 saturated heterocycles. The lowest BCUT2D eigenvalue weighted by atomic mass is 9.67. The Morgan fingerprint density at radius 3 is 1.50 bits per heavy atom. The van der Waals surface area contributed by atoms with Crippen molar-refractivity contribution in [2.45, 2.75) is 5.41 Å². The third-order valence-corrected chi connectivity index (χ3v) is 13.6. The van der Waals surface area contributed by atoms with Crippen LogP contribution in [0.15, 0.2) is 224 Å². The molecule has 0 fully saturated rings. The highest BCUT2D eigenvalue weighted by Crippen LogP contribution is 2.56. The van der Waals surface area contributed by atoms with E-state index in [1.54, 1.807) is 0 Å². The van der Waals surface area contributed by atoms with E-state index in [0.29, 0.717) is 17.5 Å². The van der Waals surface area contributed by atoms with Gasteiger partial charge >= 0.3 is 0 Å². The second-order valence-corrected chi connectivity index (χ2v) is 17.0. The van der Waals surface area contributed by atoms with E-state index in [1.165, 1.54) is 53.7 Å². The Balaban J connectivity index is 1.08. The molecule has 0 unspecified atom stereocenters. The molecule has 0 amide bonds. The second-order valence-electron chi connectivity index (χ2n) is 15.9. The lowest BCUT2D eigenvalue weighted by Gasteiger charge is -2.34. The molecule has 12 rings (SSSR count). The number of rotatable bonds is 7. The van der Waals surface area contributed by atoms with Crippen LogP contribution in [-0.4, -0.2) is 15.0 Å². The summed E-state index contributed by atoms with van der Waals surface area (Å²) in [6, 6.07) is 80.5. The summed E-state index contributed by atoms with van der Waals surface area (Å²) in [7, 11) is 0. The molecular formula is C58H37N3S. The van der Waals surface area contributed by atoms with E-state index < -0.39 is 5.41 Å². The van der Waals surface area contributed by atoms with Crippen molar-refractivity contribution in [3.8, 4) is 67.5 Å². The van der Waals surface area contributed by atoms with Gasteiger partial charge in [0.2, 0.25) is 0 Å². The van der Waals surface area contributed by atoms with Crippen LogP contribution in [0.4, 0.5) is 0 Å². The van der Waals surface area contributed by atoms with Crippen molar-refractivity contribution in [2.24, 2.45) is 0 Å². The summed E-state index contributed by atoms with van der Waals surface area (Å²) < 4.78 is 2.41. The Hall–Kier alpha value is -7.79. The SMILES string of the molecule is c1ccc(-c2ccc(-c3nc(-c4cccc(-c5ccccc5)c4)nc(-c4cccc5sc6ccc(C7(c8ccccc8)c8ccccc8-c8ccccc87)cc6c45)n3)cc2)cc1. The number of hydrogen-bond acceptors (Lipinski definition) is 4.